The number of hydrogen-bond donors (Lipinski definition) is 3. The zero-order valence-electron chi connectivity index (χ0n) is 17.8. The molecule has 0 aliphatic heterocycles. The Morgan fingerprint density at radius 2 is 1.85 bits per heavy atom. The summed E-state index contributed by atoms with van der Waals surface area (Å²) in [6.07, 6.45) is 4.95. The van der Waals surface area contributed by atoms with E-state index in [0.29, 0.717) is 31.7 Å². The number of benzene rings is 1. The molecule has 34 heavy (non-hydrogen) atoms. The molecule has 0 amide bonds. The van der Waals surface area contributed by atoms with Gasteiger partial charge in [-0.15, -0.1) is 0 Å². The maximum Gasteiger partial charge on any atom is 0.243 e. The molecule has 1 aromatic carbocycles. The van der Waals surface area contributed by atoms with Crippen LogP contribution in [0.2, 0.25) is 0 Å². The first kappa shape index (κ1) is 23.8. The second-order valence-corrected chi connectivity index (χ2v) is 9.63. The van der Waals surface area contributed by atoms with Gasteiger partial charge in [0, 0.05) is 35.6 Å². The van der Waals surface area contributed by atoms with E-state index in [1.54, 1.807) is 0 Å². The van der Waals surface area contributed by atoms with Crippen molar-refractivity contribution in [2.75, 3.05) is 5.73 Å². The monoisotopic (exact) mass is 489 g/mol. The number of sulfonamides is 1. The Morgan fingerprint density at radius 3 is 2.53 bits per heavy atom. The third-order valence-electron chi connectivity index (χ3n) is 5.55. The number of aromatic nitrogens is 3. The van der Waals surface area contributed by atoms with Crippen molar-refractivity contribution in [3.05, 3.63) is 65.7 Å². The van der Waals surface area contributed by atoms with E-state index in [1.165, 1.54) is 24.5 Å². The van der Waals surface area contributed by atoms with Gasteiger partial charge in [-0.25, -0.2) is 31.9 Å². The summed E-state index contributed by atoms with van der Waals surface area (Å²) in [7, 11) is -4.35. The van der Waals surface area contributed by atoms with Gasteiger partial charge in [-0.2, -0.15) is 0 Å². The number of pyridine rings is 1. The van der Waals surface area contributed by atoms with Crippen LogP contribution in [0.3, 0.4) is 0 Å². The number of hydrogen-bond acceptors (Lipinski definition) is 8. The normalized spacial score (nSPS) is 18.6. The summed E-state index contributed by atoms with van der Waals surface area (Å²) in [5.41, 5.74) is 5.12. The van der Waals surface area contributed by atoms with E-state index in [-0.39, 0.29) is 28.3 Å². The summed E-state index contributed by atoms with van der Waals surface area (Å²) in [5.74, 6) is -3.19. The van der Waals surface area contributed by atoms with Crippen LogP contribution in [-0.2, 0) is 10.0 Å². The van der Waals surface area contributed by atoms with Gasteiger partial charge in [0.1, 0.15) is 16.5 Å². The van der Waals surface area contributed by atoms with E-state index in [4.69, 9.17) is 5.73 Å². The Bertz CT molecular complexity index is 1330. The summed E-state index contributed by atoms with van der Waals surface area (Å²) in [4.78, 5) is 23.8. The molecule has 0 unspecified atom stereocenters. The number of carbonyl (C=O) groups excluding carboxylic acids is 1. The van der Waals surface area contributed by atoms with Gasteiger partial charge >= 0.3 is 0 Å². The summed E-state index contributed by atoms with van der Waals surface area (Å²) < 4.78 is 57.4. The molecule has 12 heteroatoms. The average molecular weight is 490 g/mol. The predicted octanol–water partition coefficient (Wildman–Crippen LogP) is 2.21. The maximum absolute atomic E-state index is 14.7. The minimum atomic E-state index is -4.35. The number of halogens is 2. The maximum atomic E-state index is 14.7. The number of ketones is 1. The molecule has 2 aromatic heterocycles. The number of carbonyl (C=O) groups is 1. The number of nitrogens with two attached hydrogens (primary N) is 1. The van der Waals surface area contributed by atoms with Crippen LogP contribution < -0.4 is 10.5 Å². The van der Waals surface area contributed by atoms with Crippen LogP contribution in [0.1, 0.15) is 41.7 Å². The van der Waals surface area contributed by atoms with Crippen LogP contribution in [0.5, 0.6) is 0 Å². The average Bonchev–Trinajstić information content (AvgIpc) is 2.81. The lowest BCUT2D eigenvalue weighted by molar-refractivity contribution is 0.103. The van der Waals surface area contributed by atoms with Crippen molar-refractivity contribution in [1.82, 2.24) is 19.7 Å². The minimum absolute atomic E-state index is 0.172. The summed E-state index contributed by atoms with van der Waals surface area (Å²) >= 11 is 0. The van der Waals surface area contributed by atoms with Gasteiger partial charge in [0.05, 0.1) is 18.0 Å². The molecule has 0 radical (unpaired) electrons. The molecule has 1 fully saturated rings. The quantitative estimate of drug-likeness (QED) is 0.447. The topological polar surface area (TPSA) is 148 Å². The zero-order valence-corrected chi connectivity index (χ0v) is 18.6. The van der Waals surface area contributed by atoms with E-state index in [1.807, 2.05) is 0 Å². The van der Waals surface area contributed by atoms with Gasteiger partial charge in [0.15, 0.2) is 11.5 Å². The van der Waals surface area contributed by atoms with Crippen LogP contribution in [0.4, 0.5) is 14.6 Å². The van der Waals surface area contributed by atoms with E-state index in [2.05, 4.69) is 19.7 Å². The number of aliphatic hydroxyl groups is 1. The van der Waals surface area contributed by atoms with E-state index in [9.17, 15) is 27.1 Å². The molecule has 1 aliphatic carbocycles. The molecular formula is C22H21F2N5O4S. The fourth-order valence-electron chi connectivity index (χ4n) is 3.74. The van der Waals surface area contributed by atoms with Gasteiger partial charge in [-0.3, -0.25) is 9.78 Å². The molecular weight excluding hydrogens is 468 g/mol. The van der Waals surface area contributed by atoms with Crippen LogP contribution >= 0.6 is 0 Å². The Morgan fingerprint density at radius 1 is 1.12 bits per heavy atom. The summed E-state index contributed by atoms with van der Waals surface area (Å²) in [6, 6.07) is 3.79. The lowest BCUT2D eigenvalue weighted by Crippen LogP contribution is -2.38. The Balaban J connectivity index is 1.71. The summed E-state index contributed by atoms with van der Waals surface area (Å²) in [6.45, 7) is 0. The molecule has 0 saturated heterocycles. The molecule has 1 aliphatic rings. The first-order valence-electron chi connectivity index (χ1n) is 10.4. The SMILES string of the molecule is Nc1ncc(-c2cc(S(=O)(=O)N[C@H]3CC[C@H](O)CC3)c(F)cc2F)nc1C(=O)c1cccnc1. The third-order valence-corrected chi connectivity index (χ3v) is 7.08. The van der Waals surface area contributed by atoms with Crippen molar-refractivity contribution in [3.63, 3.8) is 0 Å². The number of nitrogens with zero attached hydrogens (tertiary/aromatic N) is 3. The molecule has 1 saturated carbocycles. The number of anilines is 1. The lowest BCUT2D eigenvalue weighted by Gasteiger charge is -2.26. The molecule has 178 valence electrons. The third kappa shape index (κ3) is 4.93. The van der Waals surface area contributed by atoms with Gasteiger partial charge in [0.2, 0.25) is 15.8 Å². The van der Waals surface area contributed by atoms with Crippen molar-refractivity contribution in [1.29, 1.82) is 0 Å². The van der Waals surface area contributed by atoms with Crippen molar-refractivity contribution in [2.24, 2.45) is 0 Å². The minimum Gasteiger partial charge on any atom is -0.393 e. The second kappa shape index (κ2) is 9.49. The molecule has 0 spiro atoms. The Labute approximate surface area is 194 Å². The van der Waals surface area contributed by atoms with Crippen molar-refractivity contribution >= 4 is 21.6 Å². The molecule has 9 nitrogen and oxygen atoms in total. The van der Waals surface area contributed by atoms with Crippen LogP contribution in [0.15, 0.2) is 47.8 Å². The van der Waals surface area contributed by atoms with Crippen molar-refractivity contribution in [2.45, 2.75) is 42.7 Å². The lowest BCUT2D eigenvalue weighted by atomic mass is 9.94. The van der Waals surface area contributed by atoms with Crippen LogP contribution in [0, 0.1) is 11.6 Å². The van der Waals surface area contributed by atoms with Crippen molar-refractivity contribution < 1.29 is 27.1 Å². The zero-order chi connectivity index (χ0) is 24.5. The van der Waals surface area contributed by atoms with Gasteiger partial charge in [-0.1, -0.05) is 0 Å². The second-order valence-electron chi connectivity index (χ2n) is 7.95. The van der Waals surface area contributed by atoms with E-state index >= 15 is 0 Å². The fourth-order valence-corrected chi connectivity index (χ4v) is 5.13. The highest BCUT2D eigenvalue weighted by Gasteiger charge is 2.28. The summed E-state index contributed by atoms with van der Waals surface area (Å²) in [5, 5.41) is 9.60. The van der Waals surface area contributed by atoms with E-state index < -0.39 is 44.5 Å². The molecule has 4 N–H and O–H groups in total. The van der Waals surface area contributed by atoms with E-state index in [0.717, 1.165) is 12.3 Å². The molecule has 2 heterocycles. The number of nitrogens with one attached hydrogen (secondary N) is 1. The van der Waals surface area contributed by atoms with Crippen LogP contribution in [0.25, 0.3) is 11.3 Å². The highest BCUT2D eigenvalue weighted by molar-refractivity contribution is 7.89. The number of rotatable bonds is 6. The van der Waals surface area contributed by atoms with Crippen molar-refractivity contribution in [3.8, 4) is 11.3 Å². The fraction of sp³-hybridized carbons (Fsp3) is 0.273. The molecule has 0 bridgehead atoms. The Hall–Kier alpha value is -3.35. The highest BCUT2D eigenvalue weighted by atomic mass is 32.2. The standard InChI is InChI=1S/C22H21F2N5O4S/c23-16-9-17(24)19(34(32,33)29-13-3-5-14(30)6-4-13)8-15(16)18-11-27-22(25)20(28-18)21(31)12-2-1-7-26-10-12/h1-2,7-11,13-14,29-30H,3-6H2,(H2,25,27)/t13-,14-. The van der Waals surface area contributed by atoms with Crippen LogP contribution in [-0.4, -0.2) is 46.4 Å². The van der Waals surface area contributed by atoms with Gasteiger partial charge < -0.3 is 10.8 Å². The first-order valence-corrected chi connectivity index (χ1v) is 11.9. The number of nitrogen functional groups attached to an aromatic ring is 1. The molecule has 4 rings (SSSR count). The smallest absolute Gasteiger partial charge is 0.243 e. The molecule has 0 atom stereocenters. The van der Waals surface area contributed by atoms with Gasteiger partial charge in [-0.05, 0) is 43.9 Å². The highest BCUT2D eigenvalue weighted by Crippen LogP contribution is 2.29. The number of aliphatic hydroxyl groups excluding tert-OH is 1. The predicted molar refractivity (Wildman–Crippen MR) is 118 cm³/mol. The Kier molecular flexibility index (Phi) is 6.64. The first-order chi connectivity index (χ1) is 16.2. The van der Waals surface area contributed by atoms with Gasteiger partial charge in [0.25, 0.3) is 0 Å². The molecule has 3 aromatic rings. The largest absolute Gasteiger partial charge is 0.393 e.